The zero-order chi connectivity index (χ0) is 20.3. The lowest BCUT2D eigenvalue weighted by Gasteiger charge is -2.26. The highest BCUT2D eigenvalue weighted by atomic mass is 16.5. The normalized spacial score (nSPS) is 28.4. The van der Waals surface area contributed by atoms with E-state index in [-0.39, 0.29) is 5.56 Å². The number of carbonyl (C=O) groups is 1. The topological polar surface area (TPSA) is 137 Å². The van der Waals surface area contributed by atoms with Crippen LogP contribution in [0.15, 0.2) is 15.8 Å². The summed E-state index contributed by atoms with van der Waals surface area (Å²) in [6.45, 7) is 4.39. The zero-order valence-electron chi connectivity index (χ0n) is 16.0. The number of hydrogen-bond donors (Lipinski definition) is 4. The van der Waals surface area contributed by atoms with E-state index in [1.807, 2.05) is 0 Å². The molecular weight excluding hydrogens is 368 g/mol. The van der Waals surface area contributed by atoms with Crippen molar-refractivity contribution in [2.45, 2.75) is 44.6 Å². The van der Waals surface area contributed by atoms with Gasteiger partial charge in [0.05, 0.1) is 12.7 Å². The molecule has 10 nitrogen and oxygen atoms in total. The summed E-state index contributed by atoms with van der Waals surface area (Å²) in [7, 11) is 0. The highest BCUT2D eigenvalue weighted by Crippen LogP contribution is 2.33. The van der Waals surface area contributed by atoms with Crippen LogP contribution in [0.5, 0.6) is 0 Å². The second kappa shape index (κ2) is 8.99. The van der Waals surface area contributed by atoms with Gasteiger partial charge in [-0.15, -0.1) is 0 Å². The number of aromatic nitrogens is 2. The highest BCUT2D eigenvalue weighted by molar-refractivity contribution is 5.93. The van der Waals surface area contributed by atoms with E-state index in [9.17, 15) is 24.6 Å². The molecule has 2 aliphatic heterocycles. The number of amides is 1. The number of hydrogen-bond acceptors (Lipinski definition) is 7. The Morgan fingerprint density at radius 2 is 2.04 bits per heavy atom. The van der Waals surface area contributed by atoms with Crippen molar-refractivity contribution in [3.05, 3.63) is 32.6 Å². The molecule has 0 aliphatic carbocycles. The molecule has 2 saturated heterocycles. The van der Waals surface area contributed by atoms with Crippen LogP contribution in [0.2, 0.25) is 0 Å². The number of piperidine rings is 1. The van der Waals surface area contributed by atoms with Crippen molar-refractivity contribution in [1.29, 1.82) is 0 Å². The molecule has 0 saturated carbocycles. The summed E-state index contributed by atoms with van der Waals surface area (Å²) in [6, 6.07) is 0. The van der Waals surface area contributed by atoms with E-state index in [0.717, 1.165) is 36.7 Å². The minimum Gasteiger partial charge on any atom is -0.394 e. The maximum absolute atomic E-state index is 12.5. The lowest BCUT2D eigenvalue weighted by Crippen LogP contribution is -2.41. The summed E-state index contributed by atoms with van der Waals surface area (Å²) >= 11 is 0. The first-order chi connectivity index (χ1) is 13.4. The van der Waals surface area contributed by atoms with Gasteiger partial charge in [-0.3, -0.25) is 19.1 Å². The first kappa shape index (κ1) is 20.7. The number of rotatable bonds is 6. The fraction of sp³-hybridized carbons (Fsp3) is 0.722. The van der Waals surface area contributed by atoms with E-state index in [1.54, 1.807) is 6.92 Å². The Balaban J connectivity index is 1.71. The Morgan fingerprint density at radius 1 is 1.32 bits per heavy atom. The molecule has 1 amide bonds. The Hall–Kier alpha value is -2.01. The summed E-state index contributed by atoms with van der Waals surface area (Å²) in [5, 5.41) is 22.1. The van der Waals surface area contributed by atoms with Gasteiger partial charge in [-0.25, -0.2) is 4.79 Å². The van der Waals surface area contributed by atoms with Gasteiger partial charge >= 0.3 is 5.69 Å². The second-order valence-corrected chi connectivity index (χ2v) is 7.46. The van der Waals surface area contributed by atoms with E-state index < -0.39 is 48.1 Å². The van der Waals surface area contributed by atoms with Gasteiger partial charge in [0.15, 0.2) is 0 Å². The minimum atomic E-state index is -0.962. The van der Waals surface area contributed by atoms with Crippen molar-refractivity contribution in [1.82, 2.24) is 19.8 Å². The molecule has 1 unspecified atom stereocenters. The fourth-order valence-corrected chi connectivity index (χ4v) is 3.80. The first-order valence-corrected chi connectivity index (χ1v) is 9.72. The predicted molar refractivity (Wildman–Crippen MR) is 100 cm³/mol. The molecule has 3 rings (SSSR count). The molecule has 28 heavy (non-hydrogen) atoms. The zero-order valence-corrected chi connectivity index (χ0v) is 16.0. The van der Waals surface area contributed by atoms with Crippen LogP contribution in [0, 0.1) is 5.92 Å². The third kappa shape index (κ3) is 4.35. The molecule has 0 spiro atoms. The highest BCUT2D eigenvalue weighted by Gasteiger charge is 2.42. The number of likely N-dealkylation sites (tertiary alicyclic amines) is 1. The smallest absolute Gasteiger partial charge is 0.330 e. The average Bonchev–Trinajstić information content (AvgIpc) is 2.97. The molecule has 2 aliphatic rings. The molecule has 4 N–H and O–H groups in total. The summed E-state index contributed by atoms with van der Waals surface area (Å²) in [6.07, 6.45) is 2.00. The van der Waals surface area contributed by atoms with Crippen LogP contribution in [-0.2, 0) is 4.74 Å². The van der Waals surface area contributed by atoms with Crippen LogP contribution in [0.3, 0.4) is 0 Å². The van der Waals surface area contributed by atoms with E-state index in [0.29, 0.717) is 13.1 Å². The number of H-pyrrole nitrogens is 1. The average molecular weight is 396 g/mol. The van der Waals surface area contributed by atoms with Crippen molar-refractivity contribution < 1.29 is 19.7 Å². The Labute approximate surface area is 162 Å². The van der Waals surface area contributed by atoms with Gasteiger partial charge in [-0.2, -0.15) is 0 Å². The van der Waals surface area contributed by atoms with E-state index >= 15 is 0 Å². The standard InChI is InChI=1S/C18H28N4O6/c1-11-14(24)13(10-23)28-17(11)22-9-12(16(26)20-18(22)27)15(25)19-5-8-21-6-3-2-4-7-21/h9,11,13-14,17,23-24H,2-8,10H2,1H3,(H,19,25)(H,20,26,27)/t11-,13+,14?,17+/m0/s1. The molecule has 3 heterocycles. The third-order valence-corrected chi connectivity index (χ3v) is 5.51. The molecule has 0 radical (unpaired) electrons. The third-order valence-electron chi connectivity index (χ3n) is 5.51. The molecule has 0 bridgehead atoms. The lowest BCUT2D eigenvalue weighted by molar-refractivity contribution is -0.0477. The predicted octanol–water partition coefficient (Wildman–Crippen LogP) is -1.36. The van der Waals surface area contributed by atoms with Crippen molar-refractivity contribution in [2.24, 2.45) is 5.92 Å². The Kier molecular flexibility index (Phi) is 6.65. The van der Waals surface area contributed by atoms with Crippen LogP contribution in [0.1, 0.15) is 42.8 Å². The molecule has 0 aromatic carbocycles. The summed E-state index contributed by atoms with van der Waals surface area (Å²) < 4.78 is 6.63. The quantitative estimate of drug-likeness (QED) is 0.466. The van der Waals surface area contributed by atoms with Crippen molar-refractivity contribution >= 4 is 5.91 Å². The number of nitrogens with zero attached hydrogens (tertiary/aromatic N) is 2. The van der Waals surface area contributed by atoms with E-state index in [2.05, 4.69) is 15.2 Å². The molecule has 156 valence electrons. The van der Waals surface area contributed by atoms with Crippen molar-refractivity contribution in [3.63, 3.8) is 0 Å². The van der Waals surface area contributed by atoms with Gasteiger partial charge in [0, 0.05) is 25.2 Å². The largest absolute Gasteiger partial charge is 0.394 e. The van der Waals surface area contributed by atoms with E-state index in [4.69, 9.17) is 4.74 Å². The summed E-state index contributed by atoms with van der Waals surface area (Å²) in [5.74, 6) is -1.08. The second-order valence-electron chi connectivity index (χ2n) is 7.46. The molecule has 4 atom stereocenters. The van der Waals surface area contributed by atoms with Crippen LogP contribution in [0.25, 0.3) is 0 Å². The monoisotopic (exact) mass is 396 g/mol. The number of ether oxygens (including phenoxy) is 1. The lowest BCUT2D eigenvalue weighted by atomic mass is 10.0. The van der Waals surface area contributed by atoms with Gasteiger partial charge in [0.2, 0.25) is 0 Å². The Bertz CT molecular complexity index is 800. The SMILES string of the molecule is C[C@H]1C(O)[C@@H](CO)O[C@H]1n1cc(C(=O)NCCN2CCCCC2)c(=O)[nH]c1=O. The number of nitrogens with one attached hydrogen (secondary N) is 2. The summed E-state index contributed by atoms with van der Waals surface area (Å²) in [4.78, 5) is 41.2. The number of aliphatic hydroxyl groups is 2. The molecular formula is C18H28N4O6. The van der Waals surface area contributed by atoms with E-state index in [1.165, 1.54) is 6.42 Å². The van der Waals surface area contributed by atoms with Crippen LogP contribution < -0.4 is 16.6 Å². The van der Waals surface area contributed by atoms with Gasteiger partial charge in [0.25, 0.3) is 11.5 Å². The van der Waals surface area contributed by atoms with Crippen LogP contribution in [-0.4, -0.2) is 75.6 Å². The fourth-order valence-electron chi connectivity index (χ4n) is 3.80. The summed E-state index contributed by atoms with van der Waals surface area (Å²) in [5.41, 5.74) is -1.71. The number of carbonyl (C=O) groups excluding carboxylic acids is 1. The molecule has 10 heteroatoms. The van der Waals surface area contributed by atoms with Crippen LogP contribution >= 0.6 is 0 Å². The first-order valence-electron chi connectivity index (χ1n) is 9.72. The van der Waals surface area contributed by atoms with Gasteiger partial charge in [-0.05, 0) is 25.9 Å². The minimum absolute atomic E-state index is 0.198. The molecule has 1 aromatic heterocycles. The maximum Gasteiger partial charge on any atom is 0.330 e. The van der Waals surface area contributed by atoms with Gasteiger partial charge < -0.3 is 25.2 Å². The number of aromatic amines is 1. The molecule has 2 fully saturated rings. The van der Waals surface area contributed by atoms with Gasteiger partial charge in [-0.1, -0.05) is 13.3 Å². The van der Waals surface area contributed by atoms with Crippen molar-refractivity contribution in [2.75, 3.05) is 32.8 Å². The Morgan fingerprint density at radius 3 is 2.68 bits per heavy atom. The van der Waals surface area contributed by atoms with Gasteiger partial charge in [0.1, 0.15) is 17.9 Å². The maximum atomic E-state index is 12.5. The van der Waals surface area contributed by atoms with Crippen LogP contribution in [0.4, 0.5) is 0 Å². The van der Waals surface area contributed by atoms with Crippen molar-refractivity contribution in [3.8, 4) is 0 Å². The molecule has 1 aromatic rings. The number of aliphatic hydroxyl groups excluding tert-OH is 2.